The second-order valence-corrected chi connectivity index (χ2v) is 4.10. The second-order valence-electron chi connectivity index (χ2n) is 4.10. The van der Waals surface area contributed by atoms with Gasteiger partial charge in [-0.05, 0) is 25.1 Å². The summed E-state index contributed by atoms with van der Waals surface area (Å²) in [7, 11) is 1.86. The predicted molar refractivity (Wildman–Crippen MR) is 68.8 cm³/mol. The molecule has 0 saturated carbocycles. The molecule has 0 aromatic heterocycles. The quantitative estimate of drug-likeness (QED) is 0.760. The van der Waals surface area contributed by atoms with Crippen molar-refractivity contribution in [1.82, 2.24) is 5.32 Å². The zero-order valence-corrected chi connectivity index (χ0v) is 10.5. The Balaban J connectivity index is 2.49. The van der Waals surface area contributed by atoms with Crippen LogP contribution in [0.1, 0.15) is 13.3 Å². The first-order chi connectivity index (χ1) is 8.19. The number of para-hydroxylation sites is 1. The van der Waals surface area contributed by atoms with Gasteiger partial charge in [0.2, 0.25) is 0 Å². The van der Waals surface area contributed by atoms with Crippen molar-refractivity contribution in [2.24, 2.45) is 0 Å². The Morgan fingerprint density at radius 1 is 1.41 bits per heavy atom. The highest BCUT2D eigenvalue weighted by Gasteiger charge is 2.10. The molecule has 1 aromatic rings. The van der Waals surface area contributed by atoms with Crippen molar-refractivity contribution in [3.63, 3.8) is 0 Å². The molecule has 0 aliphatic rings. The summed E-state index contributed by atoms with van der Waals surface area (Å²) in [5, 5.41) is 12.3. The molecule has 17 heavy (non-hydrogen) atoms. The van der Waals surface area contributed by atoms with Gasteiger partial charge in [0.25, 0.3) is 0 Å². The van der Waals surface area contributed by atoms with Gasteiger partial charge in [-0.1, -0.05) is 19.1 Å². The van der Waals surface area contributed by atoms with Crippen molar-refractivity contribution in [1.29, 1.82) is 0 Å². The van der Waals surface area contributed by atoms with Crippen molar-refractivity contribution in [3.05, 3.63) is 30.1 Å². The zero-order valence-electron chi connectivity index (χ0n) is 10.5. The lowest BCUT2D eigenvalue weighted by Crippen LogP contribution is -2.35. The first kappa shape index (κ1) is 13.9. The number of aliphatic hydroxyl groups is 1. The number of nitrogens with one attached hydrogen (secondary N) is 1. The van der Waals surface area contributed by atoms with Crippen LogP contribution in [0.2, 0.25) is 0 Å². The van der Waals surface area contributed by atoms with Crippen LogP contribution >= 0.6 is 0 Å². The number of likely N-dealkylation sites (N-methyl/N-ethyl adjacent to an activating group) is 1. The normalized spacial score (nSPS) is 12.5. The molecule has 2 N–H and O–H groups in total. The van der Waals surface area contributed by atoms with Gasteiger partial charge in [-0.2, -0.15) is 0 Å². The highest BCUT2D eigenvalue weighted by molar-refractivity contribution is 5.46. The maximum absolute atomic E-state index is 13.5. The fourth-order valence-electron chi connectivity index (χ4n) is 1.78. The SMILES string of the molecule is CCNC(CO)CCN(C)c1ccccc1F. The van der Waals surface area contributed by atoms with Crippen molar-refractivity contribution in [2.75, 3.05) is 31.6 Å². The molecule has 0 saturated heterocycles. The van der Waals surface area contributed by atoms with Gasteiger partial charge in [0.1, 0.15) is 5.82 Å². The summed E-state index contributed by atoms with van der Waals surface area (Å²) >= 11 is 0. The molecule has 1 rings (SSSR count). The molecule has 0 spiro atoms. The molecule has 0 fully saturated rings. The van der Waals surface area contributed by atoms with Gasteiger partial charge in [-0.15, -0.1) is 0 Å². The smallest absolute Gasteiger partial charge is 0.146 e. The molecule has 4 heteroatoms. The van der Waals surface area contributed by atoms with Crippen molar-refractivity contribution < 1.29 is 9.50 Å². The Morgan fingerprint density at radius 2 is 2.12 bits per heavy atom. The predicted octanol–water partition coefficient (Wildman–Crippen LogP) is 1.62. The number of aliphatic hydroxyl groups excluding tert-OH is 1. The van der Waals surface area contributed by atoms with Gasteiger partial charge < -0.3 is 15.3 Å². The van der Waals surface area contributed by atoms with Crippen LogP contribution in [0.25, 0.3) is 0 Å². The molecule has 3 nitrogen and oxygen atoms in total. The third-order valence-corrected chi connectivity index (χ3v) is 2.79. The van der Waals surface area contributed by atoms with Crippen molar-refractivity contribution in [2.45, 2.75) is 19.4 Å². The standard InChI is InChI=1S/C13H21FN2O/c1-3-15-11(10-17)8-9-16(2)13-7-5-4-6-12(13)14/h4-7,11,15,17H,3,8-10H2,1-2H3. The van der Waals surface area contributed by atoms with E-state index in [0.717, 1.165) is 13.0 Å². The summed E-state index contributed by atoms with van der Waals surface area (Å²) in [6, 6.07) is 6.80. The number of rotatable bonds is 7. The largest absolute Gasteiger partial charge is 0.395 e. The molecule has 0 heterocycles. The lowest BCUT2D eigenvalue weighted by atomic mass is 10.2. The second kappa shape index (κ2) is 7.25. The van der Waals surface area contributed by atoms with Crippen LogP contribution in [0.4, 0.5) is 10.1 Å². The fraction of sp³-hybridized carbons (Fsp3) is 0.538. The number of hydrogen-bond donors (Lipinski definition) is 2. The third-order valence-electron chi connectivity index (χ3n) is 2.79. The van der Waals surface area contributed by atoms with Crippen LogP contribution in [0.5, 0.6) is 0 Å². The van der Waals surface area contributed by atoms with Gasteiger partial charge in [-0.3, -0.25) is 0 Å². The van der Waals surface area contributed by atoms with Crippen LogP contribution in [-0.2, 0) is 0 Å². The molecule has 1 aromatic carbocycles. The minimum absolute atomic E-state index is 0.0780. The van der Waals surface area contributed by atoms with Crippen LogP contribution in [-0.4, -0.2) is 37.9 Å². The summed E-state index contributed by atoms with van der Waals surface area (Å²) < 4.78 is 13.5. The lowest BCUT2D eigenvalue weighted by molar-refractivity contribution is 0.238. The van der Waals surface area contributed by atoms with E-state index in [1.54, 1.807) is 12.1 Å². The topological polar surface area (TPSA) is 35.5 Å². The maximum Gasteiger partial charge on any atom is 0.146 e. The third kappa shape index (κ3) is 4.32. The minimum Gasteiger partial charge on any atom is -0.395 e. The van der Waals surface area contributed by atoms with E-state index in [1.165, 1.54) is 6.07 Å². The fourth-order valence-corrected chi connectivity index (χ4v) is 1.78. The van der Waals surface area contributed by atoms with Crippen LogP contribution in [0.15, 0.2) is 24.3 Å². The molecule has 0 aliphatic heterocycles. The van der Waals surface area contributed by atoms with Crippen LogP contribution < -0.4 is 10.2 Å². The molecule has 1 atom stereocenters. The first-order valence-corrected chi connectivity index (χ1v) is 5.99. The van der Waals surface area contributed by atoms with E-state index >= 15 is 0 Å². The molecule has 0 amide bonds. The van der Waals surface area contributed by atoms with E-state index in [2.05, 4.69) is 5.32 Å². The summed E-state index contributed by atoms with van der Waals surface area (Å²) in [5.41, 5.74) is 0.598. The summed E-state index contributed by atoms with van der Waals surface area (Å²) in [5.74, 6) is -0.209. The number of halogens is 1. The average molecular weight is 240 g/mol. The first-order valence-electron chi connectivity index (χ1n) is 5.99. The van der Waals surface area contributed by atoms with E-state index in [4.69, 9.17) is 5.11 Å². The van der Waals surface area contributed by atoms with Gasteiger partial charge in [0.15, 0.2) is 0 Å². The molecule has 0 bridgehead atoms. The Kier molecular flexibility index (Phi) is 5.94. The number of anilines is 1. The maximum atomic E-state index is 13.5. The van der Waals surface area contributed by atoms with Crippen LogP contribution in [0, 0.1) is 5.82 Å². The molecular weight excluding hydrogens is 219 g/mol. The lowest BCUT2D eigenvalue weighted by Gasteiger charge is -2.23. The highest BCUT2D eigenvalue weighted by Crippen LogP contribution is 2.17. The average Bonchev–Trinajstić information content (AvgIpc) is 2.34. The molecular formula is C13H21FN2O. The van der Waals surface area contributed by atoms with Gasteiger partial charge in [0.05, 0.1) is 12.3 Å². The van der Waals surface area contributed by atoms with E-state index in [1.807, 2.05) is 24.9 Å². The molecule has 0 radical (unpaired) electrons. The Morgan fingerprint density at radius 3 is 2.71 bits per heavy atom. The summed E-state index contributed by atoms with van der Waals surface area (Å²) in [6.07, 6.45) is 0.787. The molecule has 0 aliphatic carbocycles. The van der Waals surface area contributed by atoms with Gasteiger partial charge in [0, 0.05) is 19.6 Å². The van der Waals surface area contributed by atoms with E-state index in [9.17, 15) is 4.39 Å². The summed E-state index contributed by atoms with van der Waals surface area (Å²) in [4.78, 5) is 1.87. The van der Waals surface area contributed by atoms with E-state index in [-0.39, 0.29) is 18.5 Å². The Labute approximate surface area is 102 Å². The Hall–Kier alpha value is -1.13. The van der Waals surface area contributed by atoms with Crippen molar-refractivity contribution >= 4 is 5.69 Å². The molecule has 1 unspecified atom stereocenters. The van der Waals surface area contributed by atoms with Crippen molar-refractivity contribution in [3.8, 4) is 0 Å². The number of hydrogen-bond acceptors (Lipinski definition) is 3. The van der Waals surface area contributed by atoms with Crippen LogP contribution in [0.3, 0.4) is 0 Å². The molecule has 96 valence electrons. The minimum atomic E-state index is -0.209. The van der Waals surface area contributed by atoms with E-state index in [0.29, 0.717) is 12.2 Å². The summed E-state index contributed by atoms with van der Waals surface area (Å²) in [6.45, 7) is 3.65. The Bertz CT molecular complexity index is 333. The highest BCUT2D eigenvalue weighted by atomic mass is 19.1. The van der Waals surface area contributed by atoms with E-state index < -0.39 is 0 Å². The number of benzene rings is 1. The number of nitrogens with zero attached hydrogens (tertiary/aromatic N) is 1. The zero-order chi connectivity index (χ0) is 12.7. The van der Waals surface area contributed by atoms with Gasteiger partial charge in [-0.25, -0.2) is 4.39 Å². The monoisotopic (exact) mass is 240 g/mol. The van der Waals surface area contributed by atoms with Gasteiger partial charge >= 0.3 is 0 Å².